The van der Waals surface area contributed by atoms with E-state index in [-0.39, 0.29) is 11.1 Å². The molecule has 3 aromatic carbocycles. The Hall–Kier alpha value is -4.44. The number of rotatable bonds is 6. The molecule has 0 radical (unpaired) electrons. The van der Waals surface area contributed by atoms with E-state index in [1.807, 2.05) is 0 Å². The van der Waals surface area contributed by atoms with Crippen molar-refractivity contribution in [2.45, 2.75) is 19.0 Å². The zero-order valence-corrected chi connectivity index (χ0v) is 20.7. The first-order chi connectivity index (χ1) is 17.7. The van der Waals surface area contributed by atoms with Gasteiger partial charge < -0.3 is 9.47 Å². The molecule has 2 heterocycles. The number of nitro benzene ring substituents is 1. The fraction of sp³-hybridized carbons (Fsp3) is 0.192. The number of hydrogen-bond acceptors (Lipinski definition) is 7. The number of ether oxygens (including phenoxy) is 2. The van der Waals surface area contributed by atoms with Gasteiger partial charge in [0.1, 0.15) is 23.1 Å². The number of methoxy groups -OCH3 is 2. The highest BCUT2D eigenvalue weighted by Gasteiger charge is 2.59. The Morgan fingerprint density at radius 3 is 2.32 bits per heavy atom. The molecule has 2 aliphatic rings. The fourth-order valence-corrected chi connectivity index (χ4v) is 5.18. The number of hydrogen-bond donors (Lipinski definition) is 0. The molecule has 11 heteroatoms. The zero-order chi connectivity index (χ0) is 26.6. The Morgan fingerprint density at radius 2 is 1.68 bits per heavy atom. The molecular formula is C26H20ClN3O7. The Kier molecular flexibility index (Phi) is 5.83. The van der Waals surface area contributed by atoms with Crippen molar-refractivity contribution in [2.75, 3.05) is 19.1 Å². The van der Waals surface area contributed by atoms with E-state index in [1.54, 1.807) is 43.3 Å². The van der Waals surface area contributed by atoms with Gasteiger partial charge in [-0.25, -0.2) is 0 Å². The average molecular weight is 522 g/mol. The van der Waals surface area contributed by atoms with Crippen molar-refractivity contribution in [3.8, 4) is 11.5 Å². The van der Waals surface area contributed by atoms with Gasteiger partial charge in [-0.1, -0.05) is 17.7 Å². The van der Waals surface area contributed by atoms with Crippen molar-refractivity contribution in [1.29, 1.82) is 0 Å². The van der Waals surface area contributed by atoms with E-state index in [0.717, 1.165) is 11.0 Å². The summed E-state index contributed by atoms with van der Waals surface area (Å²) < 4.78 is 10.9. The third kappa shape index (κ3) is 3.60. The standard InChI is InChI=1S/C26H20ClN3O7/c1-13-11-14(27)7-9-18(13)28-22(17-12-15(36-2)8-10-20(17)37-3)23(26(28)33)29-24(31)16-5-4-6-19(30(34)35)21(16)25(29)32/h4-12,22-23H,1-3H3/t22-,23+/m0/s1. The minimum atomic E-state index is -1.27. The molecule has 188 valence electrons. The Morgan fingerprint density at radius 1 is 0.919 bits per heavy atom. The van der Waals surface area contributed by atoms with E-state index in [9.17, 15) is 24.5 Å². The van der Waals surface area contributed by atoms with Gasteiger partial charge in [-0.3, -0.25) is 34.3 Å². The van der Waals surface area contributed by atoms with Gasteiger partial charge in [0.2, 0.25) is 0 Å². The quantitative estimate of drug-likeness (QED) is 0.205. The predicted octanol–water partition coefficient (Wildman–Crippen LogP) is 4.33. The molecule has 0 unspecified atom stereocenters. The largest absolute Gasteiger partial charge is 0.497 e. The number of nitro groups is 1. The van der Waals surface area contributed by atoms with Crippen LogP contribution in [0.25, 0.3) is 0 Å². The van der Waals surface area contributed by atoms with Crippen molar-refractivity contribution in [1.82, 2.24) is 4.90 Å². The summed E-state index contributed by atoms with van der Waals surface area (Å²) in [5, 5.41) is 12.1. The van der Waals surface area contributed by atoms with Crippen molar-refractivity contribution in [3.63, 3.8) is 0 Å². The maximum atomic E-state index is 13.7. The summed E-state index contributed by atoms with van der Waals surface area (Å²) >= 11 is 6.13. The summed E-state index contributed by atoms with van der Waals surface area (Å²) in [6.45, 7) is 1.78. The smallest absolute Gasteiger partial charge is 0.282 e. The zero-order valence-electron chi connectivity index (χ0n) is 19.9. The minimum absolute atomic E-state index is 0.121. The lowest BCUT2D eigenvalue weighted by Crippen LogP contribution is -2.67. The topological polar surface area (TPSA) is 119 Å². The van der Waals surface area contributed by atoms with E-state index < -0.39 is 40.4 Å². The van der Waals surface area contributed by atoms with Crippen LogP contribution < -0.4 is 14.4 Å². The number of fused-ring (bicyclic) bond motifs is 1. The molecule has 37 heavy (non-hydrogen) atoms. The van der Waals surface area contributed by atoms with Crippen LogP contribution in [0.2, 0.25) is 5.02 Å². The average Bonchev–Trinajstić information content (AvgIpc) is 3.13. The summed E-state index contributed by atoms with van der Waals surface area (Å²) in [4.78, 5) is 53.8. The molecule has 0 N–H and O–H groups in total. The number of carbonyl (C=O) groups excluding carboxylic acids is 3. The van der Waals surface area contributed by atoms with Crippen LogP contribution in [0.15, 0.2) is 54.6 Å². The van der Waals surface area contributed by atoms with Crippen LogP contribution >= 0.6 is 11.6 Å². The van der Waals surface area contributed by atoms with Gasteiger partial charge in [0.05, 0.1) is 30.7 Å². The van der Waals surface area contributed by atoms with Crippen LogP contribution in [0, 0.1) is 17.0 Å². The van der Waals surface area contributed by atoms with Gasteiger partial charge in [0, 0.05) is 22.3 Å². The molecule has 1 saturated heterocycles. The van der Waals surface area contributed by atoms with E-state index in [2.05, 4.69) is 0 Å². The SMILES string of the molecule is COc1ccc(OC)c([C@H]2[C@@H](N3C(=O)c4cccc([N+](=O)[O-])c4C3=O)C(=O)N2c2ccc(Cl)cc2C)c1. The van der Waals surface area contributed by atoms with Crippen molar-refractivity contribution in [2.24, 2.45) is 0 Å². The number of β-lactam (4-membered cyclic amide) rings is 1. The lowest BCUT2D eigenvalue weighted by molar-refractivity contribution is -0.385. The Balaban J connectivity index is 1.68. The second kappa shape index (κ2) is 8.90. The van der Waals surface area contributed by atoms with Gasteiger partial charge in [-0.2, -0.15) is 0 Å². The lowest BCUT2D eigenvalue weighted by atomic mass is 9.85. The first kappa shape index (κ1) is 24.3. The number of amides is 3. The molecule has 0 spiro atoms. The number of carbonyl (C=O) groups is 3. The highest BCUT2D eigenvalue weighted by atomic mass is 35.5. The maximum absolute atomic E-state index is 13.7. The van der Waals surface area contributed by atoms with Crippen LogP contribution in [0.1, 0.15) is 37.9 Å². The van der Waals surface area contributed by atoms with Crippen LogP contribution in [-0.4, -0.2) is 47.8 Å². The summed E-state index contributed by atoms with van der Waals surface area (Å²) in [5.74, 6) is -1.33. The molecule has 2 aliphatic heterocycles. The lowest BCUT2D eigenvalue weighted by Gasteiger charge is -2.50. The number of halogens is 1. The predicted molar refractivity (Wildman–Crippen MR) is 133 cm³/mol. The number of nitrogens with zero attached hydrogens (tertiary/aromatic N) is 3. The molecule has 1 fully saturated rings. The monoisotopic (exact) mass is 521 g/mol. The highest BCUT2D eigenvalue weighted by molar-refractivity contribution is 6.31. The van der Waals surface area contributed by atoms with Crippen LogP contribution in [0.3, 0.4) is 0 Å². The van der Waals surface area contributed by atoms with Gasteiger partial charge in [-0.15, -0.1) is 0 Å². The first-order valence-corrected chi connectivity index (χ1v) is 11.5. The summed E-state index contributed by atoms with van der Waals surface area (Å²) in [6.07, 6.45) is 0. The number of benzene rings is 3. The fourth-order valence-electron chi connectivity index (χ4n) is 4.95. The molecule has 0 bridgehead atoms. The second-order valence-electron chi connectivity index (χ2n) is 8.57. The Labute approximate surface area is 216 Å². The molecule has 10 nitrogen and oxygen atoms in total. The van der Waals surface area contributed by atoms with Crippen molar-refractivity contribution in [3.05, 3.63) is 92.0 Å². The number of anilines is 1. The Bertz CT molecular complexity index is 1510. The molecule has 0 saturated carbocycles. The normalized spacial score (nSPS) is 18.5. The van der Waals surface area contributed by atoms with Gasteiger partial charge in [-0.05, 0) is 55.0 Å². The van der Waals surface area contributed by atoms with Crippen LogP contribution in [-0.2, 0) is 4.79 Å². The van der Waals surface area contributed by atoms with Crippen LogP contribution in [0.5, 0.6) is 11.5 Å². The molecule has 3 aromatic rings. The van der Waals surface area contributed by atoms with Gasteiger partial charge in [0.25, 0.3) is 23.4 Å². The van der Waals surface area contributed by atoms with E-state index in [1.165, 1.54) is 31.3 Å². The van der Waals surface area contributed by atoms with Crippen LogP contribution in [0.4, 0.5) is 11.4 Å². The van der Waals surface area contributed by atoms with E-state index >= 15 is 0 Å². The number of imide groups is 1. The third-order valence-electron chi connectivity index (χ3n) is 6.64. The van der Waals surface area contributed by atoms with Gasteiger partial charge in [0.15, 0.2) is 0 Å². The molecule has 5 rings (SSSR count). The highest BCUT2D eigenvalue weighted by Crippen LogP contribution is 2.49. The van der Waals surface area contributed by atoms with E-state index in [4.69, 9.17) is 21.1 Å². The molecule has 3 amide bonds. The summed E-state index contributed by atoms with van der Waals surface area (Å²) in [5.41, 5.74) is 0.775. The molecular weight excluding hydrogens is 502 g/mol. The van der Waals surface area contributed by atoms with Gasteiger partial charge >= 0.3 is 0 Å². The third-order valence-corrected chi connectivity index (χ3v) is 6.88. The summed E-state index contributed by atoms with van der Waals surface area (Å²) in [6, 6.07) is 11.7. The van der Waals surface area contributed by atoms with Crippen molar-refractivity contribution < 1.29 is 28.8 Å². The first-order valence-electron chi connectivity index (χ1n) is 11.2. The minimum Gasteiger partial charge on any atom is -0.497 e. The maximum Gasteiger partial charge on any atom is 0.282 e. The molecule has 0 aromatic heterocycles. The summed E-state index contributed by atoms with van der Waals surface area (Å²) in [7, 11) is 2.95. The molecule has 2 atom stereocenters. The van der Waals surface area contributed by atoms with Crippen molar-refractivity contribution >= 4 is 40.7 Å². The van der Waals surface area contributed by atoms with E-state index in [0.29, 0.717) is 33.3 Å². The molecule has 0 aliphatic carbocycles. The number of aryl methyl sites for hydroxylation is 1. The second-order valence-corrected chi connectivity index (χ2v) is 9.01.